The van der Waals surface area contributed by atoms with E-state index in [9.17, 15) is 9.59 Å². The summed E-state index contributed by atoms with van der Waals surface area (Å²) in [6, 6.07) is 14.2. The fourth-order valence-corrected chi connectivity index (χ4v) is 2.59. The molecule has 1 unspecified atom stereocenters. The van der Waals surface area contributed by atoms with Crippen LogP contribution in [-0.4, -0.2) is 48.7 Å². The molecule has 1 amide bonds. The minimum absolute atomic E-state index is 0.0533. The number of carboxylic acid groups (broad SMARTS) is 1. The largest absolute Gasteiger partial charge is 0.496 e. The number of aliphatic carboxylic acids is 1. The Balaban J connectivity index is 2.08. The van der Waals surface area contributed by atoms with E-state index in [1.54, 1.807) is 43.3 Å². The van der Waals surface area contributed by atoms with Crippen LogP contribution < -0.4 is 9.47 Å². The molecule has 0 radical (unpaired) electrons. The van der Waals surface area contributed by atoms with E-state index in [2.05, 4.69) is 0 Å². The second-order valence-electron chi connectivity index (χ2n) is 5.99. The van der Waals surface area contributed by atoms with E-state index in [1.807, 2.05) is 31.2 Å². The third-order valence-corrected chi connectivity index (χ3v) is 4.13. The summed E-state index contributed by atoms with van der Waals surface area (Å²) >= 11 is 0. The molecule has 0 saturated heterocycles. The van der Waals surface area contributed by atoms with Gasteiger partial charge in [-0.1, -0.05) is 24.3 Å². The first kappa shape index (κ1) is 19.3. The van der Waals surface area contributed by atoms with Crippen LogP contribution >= 0.6 is 0 Å². The van der Waals surface area contributed by atoms with Crippen LogP contribution in [0.3, 0.4) is 0 Å². The van der Waals surface area contributed by atoms with Gasteiger partial charge in [0.05, 0.1) is 7.11 Å². The highest BCUT2D eigenvalue weighted by Crippen LogP contribution is 2.21. The van der Waals surface area contributed by atoms with Gasteiger partial charge in [-0.3, -0.25) is 4.79 Å². The Morgan fingerprint density at radius 1 is 1.15 bits per heavy atom. The number of hydrogen-bond acceptors (Lipinski definition) is 4. The Morgan fingerprint density at radius 2 is 1.88 bits per heavy atom. The Bertz CT molecular complexity index is 774. The summed E-state index contributed by atoms with van der Waals surface area (Å²) in [5.41, 5.74) is 1.47. The van der Waals surface area contributed by atoms with Crippen LogP contribution in [0.15, 0.2) is 48.5 Å². The molecule has 26 heavy (non-hydrogen) atoms. The summed E-state index contributed by atoms with van der Waals surface area (Å²) in [6.45, 7) is 1.52. The van der Waals surface area contributed by atoms with Crippen LogP contribution in [0.5, 0.6) is 11.5 Å². The molecular formula is C20H23NO5. The summed E-state index contributed by atoms with van der Waals surface area (Å²) in [7, 11) is 3.37. The van der Waals surface area contributed by atoms with Gasteiger partial charge in [0.15, 0.2) is 6.61 Å². The maximum absolute atomic E-state index is 12.7. The van der Waals surface area contributed by atoms with Gasteiger partial charge >= 0.3 is 5.97 Å². The number of benzene rings is 2. The standard InChI is InChI=1S/C20H23NO5/c1-14(11-15-7-4-5-10-18(15)25-3)21(2)20(24)16-8-6-9-17(12-16)26-13-19(22)23/h4-10,12,14H,11,13H2,1-3H3,(H,22,23). The Hall–Kier alpha value is -3.02. The number of carboxylic acids is 1. The fourth-order valence-electron chi connectivity index (χ4n) is 2.59. The van der Waals surface area contributed by atoms with Crippen LogP contribution in [0.1, 0.15) is 22.8 Å². The van der Waals surface area contributed by atoms with Gasteiger partial charge in [-0.15, -0.1) is 0 Å². The van der Waals surface area contributed by atoms with E-state index < -0.39 is 12.6 Å². The fraction of sp³-hybridized carbons (Fsp3) is 0.300. The molecule has 138 valence electrons. The van der Waals surface area contributed by atoms with E-state index in [-0.39, 0.29) is 11.9 Å². The molecule has 0 aliphatic heterocycles. The van der Waals surface area contributed by atoms with Crippen molar-refractivity contribution >= 4 is 11.9 Å². The Morgan fingerprint density at radius 3 is 2.58 bits per heavy atom. The molecule has 6 heteroatoms. The van der Waals surface area contributed by atoms with Crippen molar-refractivity contribution in [3.63, 3.8) is 0 Å². The van der Waals surface area contributed by atoms with Crippen LogP contribution in [0.2, 0.25) is 0 Å². The third-order valence-electron chi connectivity index (χ3n) is 4.13. The summed E-state index contributed by atoms with van der Waals surface area (Å²) in [5, 5.41) is 8.69. The van der Waals surface area contributed by atoms with E-state index in [1.165, 1.54) is 0 Å². The second kappa shape index (κ2) is 8.89. The number of methoxy groups -OCH3 is 1. The number of hydrogen-bond donors (Lipinski definition) is 1. The molecule has 0 aliphatic rings. The lowest BCUT2D eigenvalue weighted by Crippen LogP contribution is -2.36. The second-order valence-corrected chi connectivity index (χ2v) is 5.99. The number of carbonyl (C=O) groups excluding carboxylic acids is 1. The lowest BCUT2D eigenvalue weighted by molar-refractivity contribution is -0.139. The highest BCUT2D eigenvalue weighted by Gasteiger charge is 2.19. The van der Waals surface area contributed by atoms with Crippen molar-refractivity contribution in [2.24, 2.45) is 0 Å². The average molecular weight is 357 g/mol. The van der Waals surface area contributed by atoms with Crippen molar-refractivity contribution in [3.05, 3.63) is 59.7 Å². The molecule has 0 aliphatic carbocycles. The average Bonchev–Trinajstić information content (AvgIpc) is 2.65. The zero-order valence-corrected chi connectivity index (χ0v) is 15.1. The first-order chi connectivity index (χ1) is 12.4. The number of para-hydroxylation sites is 1. The normalized spacial score (nSPS) is 11.5. The van der Waals surface area contributed by atoms with Crippen molar-refractivity contribution in [2.75, 3.05) is 20.8 Å². The maximum atomic E-state index is 12.7. The zero-order chi connectivity index (χ0) is 19.1. The Kier molecular flexibility index (Phi) is 6.60. The van der Waals surface area contributed by atoms with Crippen LogP contribution in [0.4, 0.5) is 0 Å². The number of rotatable bonds is 8. The molecule has 0 bridgehead atoms. The molecule has 1 N–H and O–H groups in total. The van der Waals surface area contributed by atoms with Crippen molar-refractivity contribution in [3.8, 4) is 11.5 Å². The SMILES string of the molecule is COc1ccccc1CC(C)N(C)C(=O)c1cccc(OCC(=O)O)c1. The van der Waals surface area contributed by atoms with E-state index in [4.69, 9.17) is 14.6 Å². The third kappa shape index (κ3) is 4.99. The summed E-state index contributed by atoms with van der Waals surface area (Å²) in [6.07, 6.45) is 0.654. The van der Waals surface area contributed by atoms with Gasteiger partial charge in [0.25, 0.3) is 5.91 Å². The lowest BCUT2D eigenvalue weighted by Gasteiger charge is -2.26. The number of ether oxygens (including phenoxy) is 2. The van der Waals surface area contributed by atoms with Crippen molar-refractivity contribution < 1.29 is 24.2 Å². The number of nitrogens with zero attached hydrogens (tertiary/aromatic N) is 1. The van der Waals surface area contributed by atoms with Gasteiger partial charge in [0.2, 0.25) is 0 Å². The topological polar surface area (TPSA) is 76.1 Å². The van der Waals surface area contributed by atoms with Gasteiger partial charge in [0.1, 0.15) is 11.5 Å². The van der Waals surface area contributed by atoms with Crippen molar-refractivity contribution in [2.45, 2.75) is 19.4 Å². The van der Waals surface area contributed by atoms with Gasteiger partial charge in [-0.25, -0.2) is 4.79 Å². The minimum atomic E-state index is -1.07. The minimum Gasteiger partial charge on any atom is -0.496 e. The van der Waals surface area contributed by atoms with Gasteiger partial charge in [-0.05, 0) is 43.2 Å². The molecule has 0 spiro atoms. The highest BCUT2D eigenvalue weighted by molar-refractivity contribution is 5.94. The smallest absolute Gasteiger partial charge is 0.341 e. The zero-order valence-electron chi connectivity index (χ0n) is 15.1. The molecule has 0 fully saturated rings. The van der Waals surface area contributed by atoms with E-state index in [0.29, 0.717) is 17.7 Å². The number of carbonyl (C=O) groups is 2. The van der Waals surface area contributed by atoms with Crippen LogP contribution in [0, 0.1) is 0 Å². The molecule has 6 nitrogen and oxygen atoms in total. The summed E-state index contributed by atoms with van der Waals surface area (Å²) in [5.74, 6) is -0.0780. The molecule has 2 aromatic carbocycles. The first-order valence-electron chi connectivity index (χ1n) is 8.26. The maximum Gasteiger partial charge on any atom is 0.341 e. The van der Waals surface area contributed by atoms with Crippen LogP contribution in [0.25, 0.3) is 0 Å². The predicted molar refractivity (Wildman–Crippen MR) is 97.8 cm³/mol. The lowest BCUT2D eigenvalue weighted by atomic mass is 10.0. The summed E-state index contributed by atoms with van der Waals surface area (Å²) < 4.78 is 10.5. The monoisotopic (exact) mass is 357 g/mol. The number of likely N-dealkylation sites (N-methyl/N-ethyl adjacent to an activating group) is 1. The van der Waals surface area contributed by atoms with Crippen molar-refractivity contribution in [1.82, 2.24) is 4.90 Å². The first-order valence-corrected chi connectivity index (χ1v) is 8.26. The molecule has 0 heterocycles. The molecule has 2 rings (SSSR count). The molecular weight excluding hydrogens is 334 g/mol. The Labute approximate surface area is 153 Å². The van der Waals surface area contributed by atoms with Crippen molar-refractivity contribution in [1.29, 1.82) is 0 Å². The van der Waals surface area contributed by atoms with Gasteiger partial charge in [-0.2, -0.15) is 0 Å². The predicted octanol–water partition coefficient (Wildman–Crippen LogP) is 2.86. The number of amides is 1. The van der Waals surface area contributed by atoms with Gasteiger partial charge < -0.3 is 19.5 Å². The quantitative estimate of drug-likeness (QED) is 0.786. The van der Waals surface area contributed by atoms with E-state index >= 15 is 0 Å². The van der Waals surface area contributed by atoms with E-state index in [0.717, 1.165) is 11.3 Å². The highest BCUT2D eigenvalue weighted by atomic mass is 16.5. The van der Waals surface area contributed by atoms with Gasteiger partial charge in [0, 0.05) is 18.7 Å². The molecule has 1 atom stereocenters. The molecule has 0 aromatic heterocycles. The molecule has 2 aromatic rings. The van der Waals surface area contributed by atoms with Crippen LogP contribution in [-0.2, 0) is 11.2 Å². The molecule has 0 saturated carbocycles. The summed E-state index contributed by atoms with van der Waals surface area (Å²) in [4.78, 5) is 25.0.